The predicted octanol–water partition coefficient (Wildman–Crippen LogP) is 11.7. The minimum atomic E-state index is -1.05. The van der Waals surface area contributed by atoms with Gasteiger partial charge in [0, 0.05) is 40.8 Å². The zero-order valence-electron chi connectivity index (χ0n) is 30.7. The molecule has 2 N–H and O–H groups in total. The molecule has 3 heterocycles. The molecular weight excluding hydrogens is 776 g/mol. The number of unbranched alkanes of at least 4 members (excludes halogenated alkanes) is 10. The van der Waals surface area contributed by atoms with E-state index in [0.717, 1.165) is 30.2 Å². The number of hydrazine groups is 1. The number of carbonyl (C=O) groups excluding carboxylic acids is 2. The Hall–Kier alpha value is -4.28. The van der Waals surface area contributed by atoms with Crippen LogP contribution in [0.5, 0.6) is 0 Å². The van der Waals surface area contributed by atoms with E-state index >= 15 is 0 Å². The van der Waals surface area contributed by atoms with Crippen molar-refractivity contribution in [1.29, 1.82) is 0 Å². The summed E-state index contributed by atoms with van der Waals surface area (Å²) in [6, 6.07) is 20.2. The van der Waals surface area contributed by atoms with Crippen LogP contribution >= 0.6 is 46.4 Å². The topological polar surface area (TPSA) is 103 Å². The normalized spacial score (nSPS) is 14.9. The Kier molecular flexibility index (Phi) is 14.3. The van der Waals surface area contributed by atoms with Crippen molar-refractivity contribution in [3.05, 3.63) is 105 Å². The van der Waals surface area contributed by atoms with Gasteiger partial charge in [0.1, 0.15) is 5.69 Å². The van der Waals surface area contributed by atoms with Gasteiger partial charge < -0.3 is 5.32 Å². The predicted molar refractivity (Wildman–Crippen MR) is 225 cm³/mol. The summed E-state index contributed by atoms with van der Waals surface area (Å²) >= 11 is 26.2. The van der Waals surface area contributed by atoms with E-state index in [2.05, 4.69) is 22.7 Å². The molecule has 1 fully saturated rings. The van der Waals surface area contributed by atoms with Gasteiger partial charge in [0.25, 0.3) is 11.7 Å². The van der Waals surface area contributed by atoms with Crippen molar-refractivity contribution in [1.82, 2.24) is 15.4 Å². The number of hydrogen-bond donors (Lipinski definition) is 2. The van der Waals surface area contributed by atoms with Gasteiger partial charge in [-0.1, -0.05) is 136 Å². The maximum Gasteiger partial charge on any atom is 0.323 e. The summed E-state index contributed by atoms with van der Waals surface area (Å²) < 4.78 is 1.74. The van der Waals surface area contributed by atoms with Gasteiger partial charge in [0.05, 0.1) is 26.3 Å². The number of nitrogens with one attached hydrogen (secondary N) is 2. The van der Waals surface area contributed by atoms with E-state index < -0.39 is 11.9 Å². The molecule has 1 unspecified atom stereocenters. The molecule has 1 aliphatic rings. The number of para-hydroxylation sites is 1. The average molecular weight is 821 g/mol. The van der Waals surface area contributed by atoms with E-state index in [1.54, 1.807) is 41.2 Å². The summed E-state index contributed by atoms with van der Waals surface area (Å²) in [7, 11) is 0. The Labute approximate surface area is 342 Å². The first kappa shape index (κ1) is 40.4. The number of halogens is 4. The van der Waals surface area contributed by atoms with Crippen LogP contribution in [-0.4, -0.2) is 27.6 Å². The molecule has 0 bridgehead atoms. The molecule has 0 saturated carbocycles. The Balaban J connectivity index is 1.23. The second-order valence-corrected chi connectivity index (χ2v) is 15.3. The van der Waals surface area contributed by atoms with Crippen LogP contribution in [0, 0.1) is 0 Å². The second-order valence-electron chi connectivity index (χ2n) is 13.6. The summed E-state index contributed by atoms with van der Waals surface area (Å²) in [5.74, 6) is 0.113. The first-order valence-corrected chi connectivity index (χ1v) is 20.4. The number of carbonyl (C=O) groups is 2. The lowest BCUT2D eigenvalue weighted by molar-refractivity contribution is -0.682. The second kappa shape index (κ2) is 19.5. The molecule has 1 aliphatic heterocycles. The fourth-order valence-electron chi connectivity index (χ4n) is 6.67. The minimum Gasteiger partial charge on any atom is -0.326 e. The van der Waals surface area contributed by atoms with E-state index in [-0.39, 0.29) is 27.5 Å². The third-order valence-electron chi connectivity index (χ3n) is 9.51. The van der Waals surface area contributed by atoms with Crippen LogP contribution < -0.4 is 20.3 Å². The van der Waals surface area contributed by atoms with E-state index in [1.807, 2.05) is 36.4 Å². The number of amides is 2. The molecule has 1 saturated heterocycles. The van der Waals surface area contributed by atoms with Crippen molar-refractivity contribution < 1.29 is 14.2 Å². The van der Waals surface area contributed by atoms with E-state index in [1.165, 1.54) is 68.5 Å². The summed E-state index contributed by atoms with van der Waals surface area (Å²) in [5, 5.41) is 6.09. The van der Waals surface area contributed by atoms with Crippen molar-refractivity contribution in [2.24, 2.45) is 4.99 Å². The largest absolute Gasteiger partial charge is 0.326 e. The Morgan fingerprint density at radius 3 is 2.24 bits per heavy atom. The van der Waals surface area contributed by atoms with Crippen LogP contribution in [0.1, 0.15) is 90.0 Å². The molecule has 55 heavy (non-hydrogen) atoms. The summed E-state index contributed by atoms with van der Waals surface area (Å²) in [5.41, 5.74) is 5.53. The maximum atomic E-state index is 14.5. The highest BCUT2D eigenvalue weighted by atomic mass is 35.5. The SMILES string of the molecule is CCCCCCCCCCCCCC(=O)Nc1ccc(Cl)c(N=C2NN(c3c(Cl)cc(Cl)cc3Cl)C(=O)C2[n+]2ccccc2-c2ncc3ccccc3n2)c1. The number of benzene rings is 3. The van der Waals surface area contributed by atoms with Crippen molar-refractivity contribution in [3.8, 4) is 11.5 Å². The standard InChI is InChI=1S/C42H43Cl4N7O2/c1-2-3-4-5-6-7-8-9-10-11-12-20-37(54)48-30-21-22-31(44)35(26-30)50-41-39(42(55)53(51-41)38-32(45)24-29(43)25-33(38)46)52-23-16-15-19-36(52)40-47-27-28-17-13-14-18-34(28)49-40/h13-19,21-27,39H,2-12,20H2,1H3,(H-,48,50,51,54)/p+1. The molecule has 13 heteroatoms. The van der Waals surface area contributed by atoms with Crippen molar-refractivity contribution >= 4 is 92.0 Å². The number of rotatable bonds is 17. The van der Waals surface area contributed by atoms with Crippen LogP contribution in [0.15, 0.2) is 90.2 Å². The van der Waals surface area contributed by atoms with Gasteiger partial charge in [-0.2, -0.15) is 4.57 Å². The zero-order valence-corrected chi connectivity index (χ0v) is 33.7. The third kappa shape index (κ3) is 10.3. The van der Waals surface area contributed by atoms with E-state index in [9.17, 15) is 9.59 Å². The Morgan fingerprint density at radius 1 is 0.836 bits per heavy atom. The lowest BCUT2D eigenvalue weighted by Crippen LogP contribution is -2.48. The van der Waals surface area contributed by atoms with Crippen molar-refractivity contribution in [3.63, 3.8) is 0 Å². The smallest absolute Gasteiger partial charge is 0.323 e. The van der Waals surface area contributed by atoms with Crippen LogP contribution in [-0.2, 0) is 9.59 Å². The molecule has 1 atom stereocenters. The first-order valence-electron chi connectivity index (χ1n) is 18.9. The molecule has 2 amide bonds. The Bertz CT molecular complexity index is 2160. The summed E-state index contributed by atoms with van der Waals surface area (Å²) in [4.78, 5) is 41.8. The minimum absolute atomic E-state index is 0.0815. The van der Waals surface area contributed by atoms with Crippen LogP contribution in [0.25, 0.3) is 22.4 Å². The average Bonchev–Trinajstić information content (AvgIpc) is 3.48. The molecule has 5 aromatic rings. The van der Waals surface area contributed by atoms with Crippen molar-refractivity contribution in [2.75, 3.05) is 10.3 Å². The molecule has 6 rings (SSSR count). The van der Waals surface area contributed by atoms with E-state index in [0.29, 0.717) is 39.4 Å². The van der Waals surface area contributed by atoms with Gasteiger partial charge in [0.15, 0.2) is 6.20 Å². The number of aromatic nitrogens is 3. The van der Waals surface area contributed by atoms with Gasteiger partial charge in [-0.3, -0.25) is 15.0 Å². The number of fused-ring (bicyclic) bond motifs is 1. The summed E-state index contributed by atoms with van der Waals surface area (Å²) in [6.07, 6.45) is 17.3. The van der Waals surface area contributed by atoms with Crippen molar-refractivity contribution in [2.45, 2.75) is 90.0 Å². The highest BCUT2D eigenvalue weighted by molar-refractivity contribution is 6.43. The number of nitrogens with zero attached hydrogens (tertiary/aromatic N) is 5. The molecule has 286 valence electrons. The van der Waals surface area contributed by atoms with Crippen LogP contribution in [0.2, 0.25) is 20.1 Å². The maximum absolute atomic E-state index is 14.5. The van der Waals surface area contributed by atoms with Crippen LogP contribution in [0.3, 0.4) is 0 Å². The number of hydrogen-bond acceptors (Lipinski definition) is 5. The number of amidine groups is 1. The van der Waals surface area contributed by atoms with Gasteiger partial charge in [0.2, 0.25) is 17.6 Å². The van der Waals surface area contributed by atoms with Gasteiger partial charge in [-0.05, 0) is 48.9 Å². The molecule has 0 radical (unpaired) electrons. The van der Waals surface area contributed by atoms with Gasteiger partial charge >= 0.3 is 5.91 Å². The number of aliphatic imine (C=N–C) groups is 1. The molecular formula is C42H44Cl4N7O2+. The fourth-order valence-corrected chi connectivity index (χ4v) is 7.81. The Morgan fingerprint density at radius 2 is 1.51 bits per heavy atom. The lowest BCUT2D eigenvalue weighted by atomic mass is 10.1. The zero-order chi connectivity index (χ0) is 38.7. The molecule has 3 aromatic carbocycles. The number of anilines is 2. The molecule has 0 aliphatic carbocycles. The first-order chi connectivity index (χ1) is 26.7. The molecule has 2 aromatic heterocycles. The van der Waals surface area contributed by atoms with Gasteiger partial charge in [-0.25, -0.2) is 20.0 Å². The highest BCUT2D eigenvalue weighted by Crippen LogP contribution is 2.39. The fraction of sp³-hybridized carbons (Fsp3) is 0.333. The lowest BCUT2D eigenvalue weighted by Gasteiger charge is -2.18. The summed E-state index contributed by atoms with van der Waals surface area (Å²) in [6.45, 7) is 2.24. The highest BCUT2D eigenvalue weighted by Gasteiger charge is 2.48. The quantitative estimate of drug-likeness (QED) is 0.0718. The van der Waals surface area contributed by atoms with Gasteiger partial charge in [-0.15, -0.1) is 0 Å². The monoisotopic (exact) mass is 818 g/mol. The van der Waals surface area contributed by atoms with E-state index in [4.69, 9.17) is 56.4 Å². The number of pyridine rings is 1. The molecule has 0 spiro atoms. The van der Waals surface area contributed by atoms with Crippen LogP contribution in [0.4, 0.5) is 17.1 Å². The molecule has 9 nitrogen and oxygen atoms in total. The third-order valence-corrected chi connectivity index (χ3v) is 10.6.